The van der Waals surface area contributed by atoms with Crippen LogP contribution in [0.3, 0.4) is 0 Å². The minimum atomic E-state index is -0.745. The van der Waals surface area contributed by atoms with Crippen molar-refractivity contribution in [1.82, 2.24) is 19.5 Å². The van der Waals surface area contributed by atoms with E-state index in [2.05, 4.69) is 271 Å². The minimum absolute atomic E-state index is 0.619. The Hall–Kier alpha value is -9.77. The molecular formula is C70H44N4. The van der Waals surface area contributed by atoms with Crippen LogP contribution >= 0.6 is 0 Å². The zero-order chi connectivity index (χ0) is 48.7. The summed E-state index contributed by atoms with van der Waals surface area (Å²) in [5.74, 6) is 1.88. The fourth-order valence-corrected chi connectivity index (χ4v) is 12.3. The normalized spacial score (nSPS) is 12.7. The average molecular weight is 941 g/mol. The molecule has 0 fully saturated rings. The molecule has 2 heterocycles. The van der Waals surface area contributed by atoms with Crippen LogP contribution in [0.15, 0.2) is 267 Å². The first-order valence-electron chi connectivity index (χ1n) is 25.3. The summed E-state index contributed by atoms with van der Waals surface area (Å²) >= 11 is 0. The van der Waals surface area contributed by atoms with Gasteiger partial charge in [0, 0.05) is 33.2 Å². The van der Waals surface area contributed by atoms with Crippen LogP contribution in [0.25, 0.3) is 116 Å². The molecule has 1 aliphatic carbocycles. The second kappa shape index (κ2) is 16.7. The van der Waals surface area contributed by atoms with Gasteiger partial charge >= 0.3 is 0 Å². The van der Waals surface area contributed by atoms with Gasteiger partial charge in [-0.1, -0.05) is 231 Å². The Balaban J connectivity index is 1.02. The number of hydrogen-bond acceptors (Lipinski definition) is 3. The average Bonchev–Trinajstić information content (AvgIpc) is 4.09. The number of para-hydroxylation sites is 2. The van der Waals surface area contributed by atoms with Crippen molar-refractivity contribution in [3.05, 3.63) is 289 Å². The quantitative estimate of drug-likeness (QED) is 0.160. The third-order valence-corrected chi connectivity index (χ3v) is 15.5. The molecule has 0 atom stereocenters. The van der Waals surface area contributed by atoms with E-state index in [-0.39, 0.29) is 0 Å². The lowest BCUT2D eigenvalue weighted by molar-refractivity contribution is 0.777. The molecule has 344 valence electrons. The summed E-state index contributed by atoms with van der Waals surface area (Å²) in [4.78, 5) is 16.1. The summed E-state index contributed by atoms with van der Waals surface area (Å²) in [6.45, 7) is 0. The monoisotopic (exact) mass is 940 g/mol. The van der Waals surface area contributed by atoms with Crippen molar-refractivity contribution in [3.8, 4) is 62.1 Å². The molecule has 2 aromatic heterocycles. The lowest BCUT2D eigenvalue weighted by atomic mass is 9.65. The number of rotatable bonds is 7. The van der Waals surface area contributed by atoms with Crippen LogP contribution in [0.4, 0.5) is 0 Å². The Labute approximate surface area is 428 Å². The van der Waals surface area contributed by atoms with Crippen molar-refractivity contribution in [3.63, 3.8) is 0 Å². The molecule has 74 heavy (non-hydrogen) atoms. The van der Waals surface area contributed by atoms with Crippen LogP contribution in [0.2, 0.25) is 0 Å². The number of aromatic nitrogens is 4. The largest absolute Gasteiger partial charge is 0.309 e. The van der Waals surface area contributed by atoms with E-state index in [1.54, 1.807) is 0 Å². The lowest BCUT2D eigenvalue weighted by Crippen LogP contribution is -2.29. The maximum absolute atomic E-state index is 5.41. The molecule has 0 unspecified atom stereocenters. The number of hydrogen-bond donors (Lipinski definition) is 0. The highest BCUT2D eigenvalue weighted by molar-refractivity contribution is 6.17. The van der Waals surface area contributed by atoms with Crippen LogP contribution in [0, 0.1) is 0 Å². The predicted octanol–water partition coefficient (Wildman–Crippen LogP) is 17.5. The molecular weight excluding hydrogens is 897 g/mol. The smallest absolute Gasteiger partial charge is 0.164 e. The van der Waals surface area contributed by atoms with Crippen LogP contribution in [0.1, 0.15) is 22.3 Å². The first-order chi connectivity index (χ1) is 36.7. The Bertz CT molecular complexity index is 4490. The van der Waals surface area contributed by atoms with Gasteiger partial charge in [-0.25, -0.2) is 15.0 Å². The summed E-state index contributed by atoms with van der Waals surface area (Å²) in [6.07, 6.45) is 0. The summed E-state index contributed by atoms with van der Waals surface area (Å²) < 4.78 is 2.42. The van der Waals surface area contributed by atoms with Gasteiger partial charge in [-0.2, -0.15) is 0 Å². The lowest BCUT2D eigenvalue weighted by Gasteiger charge is -2.36. The molecule has 12 aromatic carbocycles. The summed E-state index contributed by atoms with van der Waals surface area (Å²) in [6, 6.07) is 96.9. The molecule has 0 aliphatic heterocycles. The van der Waals surface area contributed by atoms with E-state index in [0.29, 0.717) is 17.5 Å². The second-order valence-corrected chi connectivity index (χ2v) is 19.4. The zero-order valence-electron chi connectivity index (χ0n) is 40.2. The standard InChI is InChI=1S/C70H44N4/c1-4-23-51(24-5-1)70(52-25-6-2-7-26-52)65-56(55-31-18-36-63-64(55)60-30-14-15-35-62(60)74(63)53-27-8-3-9-28-53)32-17-33-57(65)58-42-41-47-38-40-50(44-61(47)66(58)70)68-71-67(49-39-37-45-19-10-11-21-48(45)43-49)72-69(73-68)59-34-16-22-46-20-12-13-29-54(46)59/h1-44H. The van der Waals surface area contributed by atoms with Gasteiger partial charge in [0.05, 0.1) is 16.4 Å². The third-order valence-electron chi connectivity index (χ3n) is 15.5. The fraction of sp³-hybridized carbons (Fsp3) is 0.0143. The minimum Gasteiger partial charge on any atom is -0.309 e. The Kier molecular flexibility index (Phi) is 9.45. The van der Waals surface area contributed by atoms with Gasteiger partial charge in [-0.05, 0) is 113 Å². The molecule has 1 aliphatic rings. The second-order valence-electron chi connectivity index (χ2n) is 19.4. The summed E-state index contributed by atoms with van der Waals surface area (Å²) in [7, 11) is 0. The Morgan fingerprint density at radius 1 is 0.284 bits per heavy atom. The van der Waals surface area contributed by atoms with Gasteiger partial charge in [-0.3, -0.25) is 0 Å². The highest BCUT2D eigenvalue weighted by atomic mass is 15.0. The number of nitrogens with zero attached hydrogens (tertiary/aromatic N) is 4. The Morgan fingerprint density at radius 2 is 0.770 bits per heavy atom. The molecule has 15 rings (SSSR count). The zero-order valence-corrected chi connectivity index (χ0v) is 40.2. The Morgan fingerprint density at radius 3 is 1.53 bits per heavy atom. The van der Waals surface area contributed by atoms with E-state index in [0.717, 1.165) is 49.3 Å². The highest BCUT2D eigenvalue weighted by Crippen LogP contribution is 2.61. The highest BCUT2D eigenvalue weighted by Gasteiger charge is 2.49. The molecule has 4 nitrogen and oxygen atoms in total. The van der Waals surface area contributed by atoms with Crippen molar-refractivity contribution in [2.24, 2.45) is 0 Å². The summed E-state index contributed by atoms with van der Waals surface area (Å²) in [5, 5.41) is 9.28. The fourth-order valence-electron chi connectivity index (χ4n) is 12.3. The van der Waals surface area contributed by atoms with Crippen molar-refractivity contribution in [2.45, 2.75) is 5.41 Å². The predicted molar refractivity (Wildman–Crippen MR) is 306 cm³/mol. The van der Waals surface area contributed by atoms with Crippen LogP contribution in [0.5, 0.6) is 0 Å². The van der Waals surface area contributed by atoms with Gasteiger partial charge in [0.25, 0.3) is 0 Å². The molecule has 4 heteroatoms. The number of fused-ring (bicyclic) bond motifs is 10. The van der Waals surface area contributed by atoms with E-state index in [1.807, 2.05) is 0 Å². The maximum atomic E-state index is 5.41. The van der Waals surface area contributed by atoms with E-state index in [1.165, 1.54) is 71.7 Å². The van der Waals surface area contributed by atoms with Crippen LogP contribution < -0.4 is 0 Å². The maximum Gasteiger partial charge on any atom is 0.164 e. The first kappa shape index (κ1) is 42.0. The summed E-state index contributed by atoms with van der Waals surface area (Å²) in [5.41, 5.74) is 15.3. The molecule has 0 spiro atoms. The van der Waals surface area contributed by atoms with Crippen molar-refractivity contribution in [2.75, 3.05) is 0 Å². The van der Waals surface area contributed by atoms with Crippen LogP contribution in [-0.2, 0) is 5.41 Å². The van der Waals surface area contributed by atoms with Gasteiger partial charge in [0.1, 0.15) is 0 Å². The molecule has 0 amide bonds. The van der Waals surface area contributed by atoms with Crippen molar-refractivity contribution < 1.29 is 0 Å². The topological polar surface area (TPSA) is 43.6 Å². The molecule has 14 aromatic rings. The van der Waals surface area contributed by atoms with Crippen molar-refractivity contribution >= 4 is 54.1 Å². The van der Waals surface area contributed by atoms with Gasteiger partial charge in [-0.15, -0.1) is 0 Å². The van der Waals surface area contributed by atoms with Crippen molar-refractivity contribution in [1.29, 1.82) is 0 Å². The molecule has 0 N–H and O–H groups in total. The van der Waals surface area contributed by atoms with E-state index < -0.39 is 5.41 Å². The first-order valence-corrected chi connectivity index (χ1v) is 25.3. The molecule has 0 radical (unpaired) electrons. The van der Waals surface area contributed by atoms with Gasteiger partial charge < -0.3 is 4.57 Å². The molecule has 0 saturated carbocycles. The van der Waals surface area contributed by atoms with Gasteiger partial charge in [0.2, 0.25) is 0 Å². The SMILES string of the molecule is c1ccc(-n2c3ccccc3c3c(-c4cccc5c4C(c4ccccc4)(c4ccccc4)c4c-5ccc5ccc(-c6nc(-c7ccc8ccccc8c7)nc(-c7cccc8ccccc78)n6)cc45)cccc32)cc1. The number of benzene rings is 12. The van der Waals surface area contributed by atoms with E-state index in [4.69, 9.17) is 15.0 Å². The van der Waals surface area contributed by atoms with E-state index in [9.17, 15) is 0 Å². The molecule has 0 bridgehead atoms. The van der Waals surface area contributed by atoms with Gasteiger partial charge in [0.15, 0.2) is 17.5 Å². The molecule has 0 saturated heterocycles. The van der Waals surface area contributed by atoms with Crippen LogP contribution in [-0.4, -0.2) is 19.5 Å². The third kappa shape index (κ3) is 6.31. The van der Waals surface area contributed by atoms with E-state index >= 15 is 0 Å².